The summed E-state index contributed by atoms with van der Waals surface area (Å²) in [6.07, 6.45) is 3.37. The molecule has 0 radical (unpaired) electrons. The van der Waals surface area contributed by atoms with Gasteiger partial charge in [-0.3, -0.25) is 4.79 Å². The van der Waals surface area contributed by atoms with Crippen molar-refractivity contribution >= 4 is 34.4 Å². The van der Waals surface area contributed by atoms with Crippen LogP contribution < -0.4 is 5.32 Å². The smallest absolute Gasteiger partial charge is 0.244 e. The standard InChI is InChI=1S/C16H15N3OS/c1-11-6-7-12(21-11)8-9-16(20)17-10-15-18-13-4-2-3-5-14(13)19-15/h2-9H,10H2,1H3,(H,17,20)(H,18,19). The minimum atomic E-state index is -0.124. The fourth-order valence-corrected chi connectivity index (χ4v) is 2.80. The molecule has 3 rings (SSSR count). The third-order valence-corrected chi connectivity index (χ3v) is 3.99. The molecule has 1 aromatic carbocycles. The number of rotatable bonds is 4. The van der Waals surface area contributed by atoms with Crippen molar-refractivity contribution in [3.63, 3.8) is 0 Å². The average molecular weight is 297 g/mol. The maximum Gasteiger partial charge on any atom is 0.244 e. The van der Waals surface area contributed by atoms with E-state index in [9.17, 15) is 4.79 Å². The minimum Gasteiger partial charge on any atom is -0.345 e. The van der Waals surface area contributed by atoms with Gasteiger partial charge in [-0.1, -0.05) is 12.1 Å². The number of nitrogens with zero attached hydrogens (tertiary/aromatic N) is 1. The zero-order valence-corrected chi connectivity index (χ0v) is 12.4. The van der Waals surface area contributed by atoms with Crippen LogP contribution in [0.2, 0.25) is 0 Å². The Morgan fingerprint density at radius 1 is 1.33 bits per heavy atom. The van der Waals surface area contributed by atoms with Gasteiger partial charge in [-0.05, 0) is 37.3 Å². The zero-order chi connectivity index (χ0) is 14.7. The summed E-state index contributed by atoms with van der Waals surface area (Å²) in [4.78, 5) is 21.7. The Morgan fingerprint density at radius 3 is 2.95 bits per heavy atom. The quantitative estimate of drug-likeness (QED) is 0.726. The lowest BCUT2D eigenvalue weighted by Gasteiger charge is -1.97. The van der Waals surface area contributed by atoms with Gasteiger partial charge in [0, 0.05) is 15.8 Å². The molecular weight excluding hydrogens is 282 g/mol. The monoisotopic (exact) mass is 297 g/mol. The van der Waals surface area contributed by atoms with E-state index in [2.05, 4.69) is 15.3 Å². The fourth-order valence-electron chi connectivity index (χ4n) is 2.02. The number of H-pyrrole nitrogens is 1. The van der Waals surface area contributed by atoms with E-state index in [1.165, 1.54) is 4.88 Å². The molecule has 2 N–H and O–H groups in total. The zero-order valence-electron chi connectivity index (χ0n) is 11.6. The van der Waals surface area contributed by atoms with Crippen molar-refractivity contribution in [2.75, 3.05) is 0 Å². The summed E-state index contributed by atoms with van der Waals surface area (Å²) in [6, 6.07) is 11.8. The molecule has 0 unspecified atom stereocenters. The van der Waals surface area contributed by atoms with E-state index in [0.29, 0.717) is 6.54 Å². The number of benzene rings is 1. The summed E-state index contributed by atoms with van der Waals surface area (Å²) in [5.74, 6) is 0.631. The van der Waals surface area contributed by atoms with Gasteiger partial charge in [0.15, 0.2) is 0 Å². The number of carbonyl (C=O) groups excluding carboxylic acids is 1. The first-order valence-electron chi connectivity index (χ1n) is 6.67. The molecule has 2 aromatic heterocycles. The number of thiophene rings is 1. The van der Waals surface area contributed by atoms with Crippen molar-refractivity contribution in [3.8, 4) is 0 Å². The first kappa shape index (κ1) is 13.6. The molecule has 0 aliphatic carbocycles. The van der Waals surface area contributed by atoms with Crippen LogP contribution in [-0.2, 0) is 11.3 Å². The van der Waals surface area contributed by atoms with Crippen LogP contribution in [0.1, 0.15) is 15.6 Å². The summed E-state index contributed by atoms with van der Waals surface area (Å²) in [7, 11) is 0. The average Bonchev–Trinajstić information content (AvgIpc) is 3.08. The Balaban J connectivity index is 1.59. The molecule has 0 aliphatic heterocycles. The number of hydrogen-bond donors (Lipinski definition) is 2. The second kappa shape index (κ2) is 5.93. The Hall–Kier alpha value is -2.40. The van der Waals surface area contributed by atoms with Crippen LogP contribution >= 0.6 is 11.3 Å². The van der Waals surface area contributed by atoms with Gasteiger partial charge in [-0.15, -0.1) is 11.3 Å². The molecule has 0 bridgehead atoms. The molecule has 21 heavy (non-hydrogen) atoms. The van der Waals surface area contributed by atoms with Crippen molar-refractivity contribution in [3.05, 3.63) is 58.1 Å². The van der Waals surface area contributed by atoms with Crippen molar-refractivity contribution in [1.29, 1.82) is 0 Å². The van der Waals surface area contributed by atoms with Crippen molar-refractivity contribution in [2.45, 2.75) is 13.5 Å². The number of para-hydroxylation sites is 2. The number of amides is 1. The fraction of sp³-hybridized carbons (Fsp3) is 0.125. The van der Waals surface area contributed by atoms with E-state index >= 15 is 0 Å². The number of nitrogens with one attached hydrogen (secondary N) is 2. The van der Waals surface area contributed by atoms with Gasteiger partial charge >= 0.3 is 0 Å². The summed E-state index contributed by atoms with van der Waals surface area (Å²) in [5, 5.41) is 2.82. The van der Waals surface area contributed by atoms with Crippen molar-refractivity contribution in [2.24, 2.45) is 0 Å². The highest BCUT2D eigenvalue weighted by molar-refractivity contribution is 7.12. The molecule has 3 aromatic rings. The van der Waals surface area contributed by atoms with Gasteiger partial charge in [-0.25, -0.2) is 4.98 Å². The number of imidazole rings is 1. The SMILES string of the molecule is Cc1ccc(C=CC(=O)NCc2nc3ccccc3[nH]2)s1. The summed E-state index contributed by atoms with van der Waals surface area (Å²) in [6.45, 7) is 2.44. The second-order valence-electron chi connectivity index (χ2n) is 4.70. The minimum absolute atomic E-state index is 0.124. The largest absolute Gasteiger partial charge is 0.345 e. The topological polar surface area (TPSA) is 57.8 Å². The lowest BCUT2D eigenvalue weighted by atomic mass is 10.3. The molecule has 0 atom stereocenters. The van der Waals surface area contributed by atoms with E-state index in [1.807, 2.05) is 49.4 Å². The molecule has 1 amide bonds. The third kappa shape index (κ3) is 3.38. The first-order chi connectivity index (χ1) is 10.2. The highest BCUT2D eigenvalue weighted by Gasteiger charge is 2.03. The molecule has 0 fully saturated rings. The molecule has 5 heteroatoms. The maximum atomic E-state index is 11.8. The van der Waals surface area contributed by atoms with Gasteiger partial charge in [-0.2, -0.15) is 0 Å². The molecule has 4 nitrogen and oxygen atoms in total. The molecule has 106 valence electrons. The highest BCUT2D eigenvalue weighted by Crippen LogP contribution is 2.16. The van der Waals surface area contributed by atoms with Crippen LogP contribution in [0.4, 0.5) is 0 Å². The van der Waals surface area contributed by atoms with Crippen molar-refractivity contribution < 1.29 is 4.79 Å². The lowest BCUT2D eigenvalue weighted by Crippen LogP contribution is -2.20. The van der Waals surface area contributed by atoms with Gasteiger partial charge in [0.05, 0.1) is 17.6 Å². The van der Waals surface area contributed by atoms with Crippen LogP contribution in [0.25, 0.3) is 17.1 Å². The summed E-state index contributed by atoms with van der Waals surface area (Å²) < 4.78 is 0. The lowest BCUT2D eigenvalue weighted by molar-refractivity contribution is -0.116. The molecule has 0 aliphatic rings. The number of aromatic amines is 1. The molecular formula is C16H15N3OS. The predicted octanol–water partition coefficient (Wildman–Crippen LogP) is 3.26. The molecule has 0 spiro atoms. The maximum absolute atomic E-state index is 11.8. The third-order valence-electron chi connectivity index (χ3n) is 3.03. The van der Waals surface area contributed by atoms with Crippen LogP contribution in [0.5, 0.6) is 0 Å². The van der Waals surface area contributed by atoms with Gasteiger partial charge in [0.1, 0.15) is 5.82 Å². The van der Waals surface area contributed by atoms with Crippen LogP contribution in [-0.4, -0.2) is 15.9 Å². The number of aromatic nitrogens is 2. The van der Waals surface area contributed by atoms with Gasteiger partial charge in [0.2, 0.25) is 5.91 Å². The first-order valence-corrected chi connectivity index (χ1v) is 7.48. The van der Waals surface area contributed by atoms with Crippen LogP contribution in [0.15, 0.2) is 42.5 Å². The highest BCUT2D eigenvalue weighted by atomic mass is 32.1. The number of fused-ring (bicyclic) bond motifs is 1. The van der Waals surface area contributed by atoms with E-state index in [0.717, 1.165) is 21.7 Å². The van der Waals surface area contributed by atoms with Crippen LogP contribution in [0.3, 0.4) is 0 Å². The number of hydrogen-bond acceptors (Lipinski definition) is 3. The Bertz CT molecular complexity index is 768. The normalized spacial score (nSPS) is 11.3. The van der Waals surface area contributed by atoms with Crippen molar-refractivity contribution in [1.82, 2.24) is 15.3 Å². The Morgan fingerprint density at radius 2 is 2.19 bits per heavy atom. The molecule has 2 heterocycles. The van der Waals surface area contributed by atoms with E-state index in [4.69, 9.17) is 0 Å². The molecule has 0 saturated heterocycles. The number of aryl methyl sites for hydroxylation is 1. The molecule has 0 saturated carbocycles. The van der Waals surface area contributed by atoms with E-state index in [-0.39, 0.29) is 5.91 Å². The summed E-state index contributed by atoms with van der Waals surface area (Å²) in [5.41, 5.74) is 1.89. The van der Waals surface area contributed by atoms with E-state index in [1.54, 1.807) is 17.4 Å². The second-order valence-corrected chi connectivity index (χ2v) is 6.02. The predicted molar refractivity (Wildman–Crippen MR) is 86.0 cm³/mol. The van der Waals surface area contributed by atoms with Crippen LogP contribution in [0, 0.1) is 6.92 Å². The Kier molecular flexibility index (Phi) is 3.83. The summed E-state index contributed by atoms with van der Waals surface area (Å²) >= 11 is 1.66. The van der Waals surface area contributed by atoms with Gasteiger partial charge < -0.3 is 10.3 Å². The van der Waals surface area contributed by atoms with E-state index < -0.39 is 0 Å². The number of carbonyl (C=O) groups is 1. The van der Waals surface area contributed by atoms with Gasteiger partial charge in [0.25, 0.3) is 0 Å². The Labute approximate surface area is 126 Å².